The molecule has 2 fully saturated rings. The first kappa shape index (κ1) is 38.7. The highest BCUT2D eigenvalue weighted by atomic mass is 28.5. The fraction of sp³-hybridized carbons (Fsp3) is 0.583. The molecule has 0 bridgehead atoms. The number of benzene rings is 1. The summed E-state index contributed by atoms with van der Waals surface area (Å²) in [6.45, 7) is 20.1. The average Bonchev–Trinajstić information content (AvgIpc) is 3.64. The fourth-order valence-corrected chi connectivity index (χ4v) is 18.3. The van der Waals surface area contributed by atoms with E-state index in [1.165, 1.54) is 18.0 Å². The van der Waals surface area contributed by atoms with Crippen LogP contribution in [0.3, 0.4) is 0 Å². The summed E-state index contributed by atoms with van der Waals surface area (Å²) >= 11 is 0. The number of hydrogen-bond acceptors (Lipinski definition) is 11. The third kappa shape index (κ3) is 6.67. The van der Waals surface area contributed by atoms with E-state index in [0.29, 0.717) is 11.1 Å². The lowest BCUT2D eigenvalue weighted by Crippen LogP contribution is -2.66. The molecule has 51 heavy (non-hydrogen) atoms. The molecule has 0 aliphatic carbocycles. The summed E-state index contributed by atoms with van der Waals surface area (Å²) < 4.78 is 41.8. The molecule has 1 N–H and O–H groups in total. The molecule has 1 amide bonds. The van der Waals surface area contributed by atoms with Crippen LogP contribution in [0.2, 0.25) is 22.2 Å². The SMILES string of the molecule is COC(C)(C)C(=O)O[C@@H]1[C@@H]2O[Si](C(C)C)(C(C)C)O[Si](C(C)C)(C(C)C)OC[C@H]2O[C@@]1(C#N)c1ccc2c(NC(=O)c3ccccc3)ncnn12. The van der Waals surface area contributed by atoms with Gasteiger partial charge in [-0.1, -0.05) is 73.6 Å². The topological polar surface area (TPSA) is 156 Å². The Morgan fingerprint density at radius 2 is 1.63 bits per heavy atom. The van der Waals surface area contributed by atoms with Crippen molar-refractivity contribution < 1.29 is 36.8 Å². The number of rotatable bonds is 10. The zero-order chi connectivity index (χ0) is 37.5. The number of amides is 1. The highest BCUT2D eigenvalue weighted by molar-refractivity contribution is 6.84. The van der Waals surface area contributed by atoms with Crippen LogP contribution >= 0.6 is 0 Å². The van der Waals surface area contributed by atoms with Gasteiger partial charge in [-0.3, -0.25) is 4.79 Å². The number of fused-ring (bicyclic) bond motifs is 2. The molecule has 0 unspecified atom stereocenters. The van der Waals surface area contributed by atoms with Gasteiger partial charge in [0.05, 0.1) is 12.3 Å². The number of nitriles is 1. The zero-order valence-electron chi connectivity index (χ0n) is 31.4. The van der Waals surface area contributed by atoms with E-state index in [-0.39, 0.29) is 46.2 Å². The van der Waals surface area contributed by atoms with E-state index >= 15 is 0 Å². The van der Waals surface area contributed by atoms with Gasteiger partial charge in [-0.25, -0.2) is 14.3 Å². The fourth-order valence-electron chi connectivity index (χ4n) is 7.13. The number of aromatic nitrogens is 3. The van der Waals surface area contributed by atoms with Crippen molar-refractivity contribution in [2.75, 3.05) is 19.0 Å². The second kappa shape index (κ2) is 14.5. The maximum atomic E-state index is 13.8. The molecule has 276 valence electrons. The molecule has 5 rings (SSSR count). The van der Waals surface area contributed by atoms with Crippen LogP contribution in [0.4, 0.5) is 5.82 Å². The number of nitrogens with one attached hydrogen (secondary N) is 1. The summed E-state index contributed by atoms with van der Waals surface area (Å²) in [6.07, 6.45) is -1.79. The first-order valence-corrected chi connectivity index (χ1v) is 21.5. The quantitative estimate of drug-likeness (QED) is 0.182. The van der Waals surface area contributed by atoms with E-state index in [0.717, 1.165) is 0 Å². The van der Waals surface area contributed by atoms with E-state index in [9.17, 15) is 14.9 Å². The minimum atomic E-state index is -3.24. The Morgan fingerprint density at radius 3 is 2.20 bits per heavy atom. The van der Waals surface area contributed by atoms with Gasteiger partial charge in [0.1, 0.15) is 30.1 Å². The summed E-state index contributed by atoms with van der Waals surface area (Å²) in [6, 6.07) is 14.5. The summed E-state index contributed by atoms with van der Waals surface area (Å²) in [4.78, 5) is 31.3. The third-order valence-corrected chi connectivity index (χ3v) is 20.5. The van der Waals surface area contributed by atoms with Crippen LogP contribution in [-0.2, 0) is 37.6 Å². The number of hydrogen-bond donors (Lipinski definition) is 1. The first-order chi connectivity index (χ1) is 24.0. The molecule has 4 heterocycles. The lowest BCUT2D eigenvalue weighted by atomic mass is 9.92. The molecule has 2 aliphatic heterocycles. The van der Waals surface area contributed by atoms with Crippen LogP contribution in [-0.4, -0.2) is 81.2 Å². The van der Waals surface area contributed by atoms with Gasteiger partial charge in [-0.05, 0) is 60.3 Å². The molecule has 2 saturated heterocycles. The third-order valence-electron chi connectivity index (χ3n) is 10.2. The number of carbonyl (C=O) groups excluding carboxylic acids is 2. The molecule has 15 heteroatoms. The lowest BCUT2D eigenvalue weighted by molar-refractivity contribution is -0.180. The number of ether oxygens (including phenoxy) is 3. The molecule has 3 aromatic rings. The number of methoxy groups -OCH3 is 1. The average molecular weight is 738 g/mol. The van der Waals surface area contributed by atoms with E-state index in [1.54, 1.807) is 50.2 Å². The Bertz CT molecular complexity index is 1760. The zero-order valence-corrected chi connectivity index (χ0v) is 33.4. The van der Waals surface area contributed by atoms with Gasteiger partial charge in [0, 0.05) is 12.7 Å². The van der Waals surface area contributed by atoms with Crippen LogP contribution in [0, 0.1) is 11.3 Å². The molecule has 0 radical (unpaired) electrons. The number of esters is 1. The van der Waals surface area contributed by atoms with Crippen molar-refractivity contribution in [3.05, 3.63) is 60.0 Å². The van der Waals surface area contributed by atoms with Gasteiger partial charge >= 0.3 is 23.1 Å². The van der Waals surface area contributed by atoms with Crippen molar-refractivity contribution in [3.63, 3.8) is 0 Å². The van der Waals surface area contributed by atoms with E-state index < -0.39 is 52.6 Å². The van der Waals surface area contributed by atoms with Crippen LogP contribution in [0.5, 0.6) is 0 Å². The Labute approximate surface area is 302 Å². The summed E-state index contributed by atoms with van der Waals surface area (Å²) in [5.41, 5.74) is -2.08. The van der Waals surface area contributed by atoms with Gasteiger partial charge in [0.25, 0.3) is 5.91 Å². The van der Waals surface area contributed by atoms with Crippen LogP contribution in [0.1, 0.15) is 85.3 Å². The van der Waals surface area contributed by atoms with Crippen molar-refractivity contribution >= 4 is 40.3 Å². The van der Waals surface area contributed by atoms with Crippen molar-refractivity contribution in [2.45, 2.75) is 121 Å². The maximum Gasteiger partial charge on any atom is 0.338 e. The van der Waals surface area contributed by atoms with E-state index in [1.807, 2.05) is 6.07 Å². The monoisotopic (exact) mass is 737 g/mol. The highest BCUT2D eigenvalue weighted by Gasteiger charge is 2.67. The van der Waals surface area contributed by atoms with E-state index in [2.05, 4.69) is 76.9 Å². The molecule has 2 aromatic heterocycles. The van der Waals surface area contributed by atoms with Crippen molar-refractivity contribution in [1.29, 1.82) is 5.26 Å². The second-order valence-electron chi connectivity index (χ2n) is 15.0. The molecule has 4 atom stereocenters. The minimum Gasteiger partial charge on any atom is -0.453 e. The molecular weight excluding hydrogens is 687 g/mol. The molecule has 2 aliphatic rings. The lowest BCUT2D eigenvalue weighted by Gasteiger charge is -2.51. The Morgan fingerprint density at radius 1 is 1.00 bits per heavy atom. The van der Waals surface area contributed by atoms with Gasteiger partial charge in [0.2, 0.25) is 5.60 Å². The normalized spacial score (nSPS) is 24.7. The number of nitrogens with zero attached hydrogens (tertiary/aromatic N) is 4. The number of carbonyl (C=O) groups is 2. The first-order valence-electron chi connectivity index (χ1n) is 17.6. The van der Waals surface area contributed by atoms with Gasteiger partial charge in [0.15, 0.2) is 17.5 Å². The molecule has 0 saturated carbocycles. The largest absolute Gasteiger partial charge is 0.453 e. The predicted octanol–water partition coefficient (Wildman–Crippen LogP) is 6.39. The van der Waals surface area contributed by atoms with E-state index in [4.69, 9.17) is 27.2 Å². The molecule has 0 spiro atoms. The Kier molecular flexibility index (Phi) is 11.0. The smallest absolute Gasteiger partial charge is 0.338 e. The van der Waals surface area contributed by atoms with Crippen molar-refractivity contribution in [3.8, 4) is 6.07 Å². The van der Waals surface area contributed by atoms with Crippen LogP contribution < -0.4 is 5.32 Å². The standard InChI is InChI=1S/C36H51N5O8Si2/c1-22(2)50(23(3)4)45-19-28-30(48-51(49-50,24(5)6)25(7)8)31(46-34(43)35(9,10)44-11)36(20-37,47-28)29-18-17-27-32(38-21-39-41(27)29)40-33(42)26-15-13-12-14-16-26/h12-18,21-25,28,30-31H,19H2,1-11H3,(H,38,39,40,42)/t28-,30-,31-,36+/m1/s1. The molecule has 13 nitrogen and oxygen atoms in total. The second-order valence-corrected chi connectivity index (χ2v) is 23.9. The van der Waals surface area contributed by atoms with Crippen LogP contribution in [0.15, 0.2) is 48.8 Å². The minimum absolute atomic E-state index is 0.0364. The summed E-state index contributed by atoms with van der Waals surface area (Å²) in [7, 11) is -4.79. The Hall–Kier alpha value is -3.50. The Balaban J connectivity index is 1.69. The molecular formula is C36H51N5O8Si2. The maximum absolute atomic E-state index is 13.8. The summed E-state index contributed by atoms with van der Waals surface area (Å²) in [5, 5.41) is 18.6. The van der Waals surface area contributed by atoms with Gasteiger partial charge in [-0.2, -0.15) is 10.4 Å². The van der Waals surface area contributed by atoms with Crippen molar-refractivity contribution in [1.82, 2.24) is 14.6 Å². The molecule has 1 aromatic carbocycles. The predicted molar refractivity (Wildman–Crippen MR) is 194 cm³/mol. The van der Waals surface area contributed by atoms with Crippen LogP contribution in [0.25, 0.3) is 5.52 Å². The summed E-state index contributed by atoms with van der Waals surface area (Å²) in [5.74, 6) is -0.845. The highest BCUT2D eigenvalue weighted by Crippen LogP contribution is 2.51. The van der Waals surface area contributed by atoms with Gasteiger partial charge < -0.3 is 32.5 Å². The number of anilines is 1. The van der Waals surface area contributed by atoms with Crippen molar-refractivity contribution in [2.24, 2.45) is 0 Å². The van der Waals surface area contributed by atoms with Gasteiger partial charge in [-0.15, -0.1) is 0 Å².